The molecule has 0 radical (unpaired) electrons. The SMILES string of the molecule is Cc1c(C(F)(F)F)nc(Br)n1-c1ccccc1. The zero-order valence-corrected chi connectivity index (χ0v) is 10.4. The first kappa shape index (κ1) is 12.2. The molecule has 1 aromatic carbocycles. The minimum Gasteiger partial charge on any atom is -0.291 e. The molecular weight excluding hydrogens is 297 g/mol. The molecule has 2 nitrogen and oxygen atoms in total. The van der Waals surface area contributed by atoms with Crippen LogP contribution < -0.4 is 0 Å². The third-order valence-corrected chi connectivity index (χ3v) is 2.88. The summed E-state index contributed by atoms with van der Waals surface area (Å²) in [5.41, 5.74) is -0.163. The van der Waals surface area contributed by atoms with Crippen molar-refractivity contribution in [2.24, 2.45) is 0 Å². The molecule has 0 saturated heterocycles. The summed E-state index contributed by atoms with van der Waals surface area (Å²) in [4.78, 5) is 3.51. The van der Waals surface area contributed by atoms with E-state index in [1.807, 2.05) is 0 Å². The van der Waals surface area contributed by atoms with Crippen LogP contribution in [0.4, 0.5) is 13.2 Å². The van der Waals surface area contributed by atoms with Gasteiger partial charge in [-0.3, -0.25) is 4.57 Å². The Labute approximate surface area is 104 Å². The lowest BCUT2D eigenvalue weighted by atomic mass is 10.3. The summed E-state index contributed by atoms with van der Waals surface area (Å²) in [6.45, 7) is 1.40. The minimum absolute atomic E-state index is 0.0653. The summed E-state index contributed by atoms with van der Waals surface area (Å²) in [7, 11) is 0. The molecule has 6 heteroatoms. The van der Waals surface area contributed by atoms with Gasteiger partial charge in [0.25, 0.3) is 0 Å². The number of rotatable bonds is 1. The fourth-order valence-electron chi connectivity index (χ4n) is 1.61. The first-order chi connectivity index (χ1) is 7.91. The van der Waals surface area contributed by atoms with Gasteiger partial charge in [-0.15, -0.1) is 0 Å². The standard InChI is InChI=1S/C11H8BrF3N2/c1-7-9(11(13,14)15)16-10(12)17(7)8-5-3-2-4-6-8/h2-6H,1H3. The molecule has 1 heterocycles. The maximum absolute atomic E-state index is 12.7. The molecule has 0 bridgehead atoms. The quantitative estimate of drug-likeness (QED) is 0.780. The van der Waals surface area contributed by atoms with Gasteiger partial charge in [-0.2, -0.15) is 13.2 Å². The molecule has 0 N–H and O–H groups in total. The molecule has 90 valence electrons. The van der Waals surface area contributed by atoms with Crippen LogP contribution in [-0.2, 0) is 6.18 Å². The molecule has 1 aromatic heterocycles. The van der Waals surface area contributed by atoms with Gasteiger partial charge >= 0.3 is 6.18 Å². The Morgan fingerprint density at radius 1 is 1.18 bits per heavy atom. The van der Waals surface area contributed by atoms with Crippen molar-refractivity contribution >= 4 is 15.9 Å². The fourth-order valence-corrected chi connectivity index (χ4v) is 2.26. The lowest BCUT2D eigenvalue weighted by molar-refractivity contribution is -0.141. The lowest BCUT2D eigenvalue weighted by Crippen LogP contribution is -2.08. The average Bonchev–Trinajstić information content (AvgIpc) is 2.55. The van der Waals surface area contributed by atoms with Gasteiger partial charge in [0.2, 0.25) is 0 Å². The molecule has 2 aromatic rings. The topological polar surface area (TPSA) is 17.8 Å². The van der Waals surface area contributed by atoms with Crippen molar-refractivity contribution in [2.45, 2.75) is 13.1 Å². The monoisotopic (exact) mass is 304 g/mol. The highest BCUT2D eigenvalue weighted by molar-refractivity contribution is 9.10. The van der Waals surface area contributed by atoms with Gasteiger partial charge in [-0.1, -0.05) is 18.2 Å². The van der Waals surface area contributed by atoms with Crippen molar-refractivity contribution in [3.63, 3.8) is 0 Å². The van der Waals surface area contributed by atoms with Gasteiger partial charge in [0.15, 0.2) is 10.4 Å². The molecule has 2 rings (SSSR count). The van der Waals surface area contributed by atoms with Crippen LogP contribution in [0, 0.1) is 6.92 Å². The van der Waals surface area contributed by atoms with Crippen LogP contribution in [0.3, 0.4) is 0 Å². The first-order valence-electron chi connectivity index (χ1n) is 4.78. The van der Waals surface area contributed by atoms with E-state index in [1.54, 1.807) is 30.3 Å². The lowest BCUT2D eigenvalue weighted by Gasteiger charge is -2.08. The number of alkyl halides is 3. The van der Waals surface area contributed by atoms with Gasteiger partial charge in [0, 0.05) is 5.69 Å². The summed E-state index contributed by atoms with van der Waals surface area (Å²) in [5.74, 6) is 0. The highest BCUT2D eigenvalue weighted by Gasteiger charge is 2.37. The van der Waals surface area contributed by atoms with E-state index in [0.29, 0.717) is 5.69 Å². The van der Waals surface area contributed by atoms with Crippen molar-refractivity contribution < 1.29 is 13.2 Å². The van der Waals surface area contributed by atoms with Crippen LogP contribution in [0.25, 0.3) is 5.69 Å². The predicted molar refractivity (Wildman–Crippen MR) is 61.0 cm³/mol. The maximum Gasteiger partial charge on any atom is 0.435 e. The van der Waals surface area contributed by atoms with E-state index in [2.05, 4.69) is 20.9 Å². The molecule has 0 aliphatic heterocycles. The maximum atomic E-state index is 12.7. The number of hydrogen-bond acceptors (Lipinski definition) is 1. The summed E-state index contributed by atoms with van der Waals surface area (Å²) < 4.78 is 39.5. The average molecular weight is 305 g/mol. The third-order valence-electron chi connectivity index (χ3n) is 2.35. The third kappa shape index (κ3) is 2.22. The van der Waals surface area contributed by atoms with Crippen LogP contribution in [0.2, 0.25) is 0 Å². The van der Waals surface area contributed by atoms with Crippen molar-refractivity contribution in [3.05, 3.63) is 46.5 Å². The Morgan fingerprint density at radius 3 is 2.24 bits per heavy atom. The van der Waals surface area contributed by atoms with Crippen LogP contribution >= 0.6 is 15.9 Å². The smallest absolute Gasteiger partial charge is 0.291 e. The van der Waals surface area contributed by atoms with Gasteiger partial charge in [0.1, 0.15) is 0 Å². The molecule has 0 amide bonds. The van der Waals surface area contributed by atoms with E-state index in [0.717, 1.165) is 0 Å². The summed E-state index contributed by atoms with van der Waals surface area (Å²) in [6, 6.07) is 8.76. The zero-order valence-electron chi connectivity index (χ0n) is 8.79. The zero-order chi connectivity index (χ0) is 12.6. The molecule has 17 heavy (non-hydrogen) atoms. The highest BCUT2D eigenvalue weighted by Crippen LogP contribution is 2.34. The van der Waals surface area contributed by atoms with Crippen LogP contribution in [0.1, 0.15) is 11.4 Å². The van der Waals surface area contributed by atoms with E-state index in [-0.39, 0.29) is 10.4 Å². The Bertz CT molecular complexity index is 532. The molecule has 0 aliphatic carbocycles. The van der Waals surface area contributed by atoms with Crippen molar-refractivity contribution in [2.75, 3.05) is 0 Å². The minimum atomic E-state index is -4.44. The predicted octanol–water partition coefficient (Wildman–Crippen LogP) is 3.96. The Hall–Kier alpha value is -1.30. The Morgan fingerprint density at radius 2 is 1.76 bits per heavy atom. The molecular formula is C11H8BrF3N2. The Kier molecular flexibility index (Phi) is 2.99. The summed E-state index contributed by atoms with van der Waals surface area (Å²) in [5, 5.41) is 0. The molecule has 0 aliphatic rings. The second-order valence-corrected chi connectivity index (χ2v) is 4.19. The van der Waals surface area contributed by atoms with E-state index < -0.39 is 11.9 Å². The van der Waals surface area contributed by atoms with E-state index in [9.17, 15) is 13.2 Å². The van der Waals surface area contributed by atoms with Crippen molar-refractivity contribution in [3.8, 4) is 5.69 Å². The normalized spacial score (nSPS) is 11.8. The number of benzene rings is 1. The molecule has 0 atom stereocenters. The molecule has 0 unspecified atom stereocenters. The molecule has 0 spiro atoms. The van der Waals surface area contributed by atoms with Crippen molar-refractivity contribution in [1.82, 2.24) is 9.55 Å². The fraction of sp³-hybridized carbons (Fsp3) is 0.182. The number of para-hydroxylation sites is 1. The number of hydrogen-bond donors (Lipinski definition) is 0. The number of aromatic nitrogens is 2. The highest BCUT2D eigenvalue weighted by atomic mass is 79.9. The van der Waals surface area contributed by atoms with Crippen molar-refractivity contribution in [1.29, 1.82) is 0 Å². The summed E-state index contributed by atoms with van der Waals surface area (Å²) in [6.07, 6.45) is -4.44. The van der Waals surface area contributed by atoms with Gasteiger partial charge in [0.05, 0.1) is 5.69 Å². The van der Waals surface area contributed by atoms with Gasteiger partial charge in [-0.25, -0.2) is 4.98 Å². The van der Waals surface area contributed by atoms with Crippen LogP contribution in [0.5, 0.6) is 0 Å². The van der Waals surface area contributed by atoms with Crippen LogP contribution in [-0.4, -0.2) is 9.55 Å². The second-order valence-electron chi connectivity index (χ2n) is 3.48. The Balaban J connectivity index is 2.61. The number of imidazole rings is 1. The van der Waals surface area contributed by atoms with Gasteiger partial charge < -0.3 is 0 Å². The molecule has 0 saturated carbocycles. The molecule has 0 fully saturated rings. The van der Waals surface area contributed by atoms with E-state index in [1.165, 1.54) is 11.5 Å². The van der Waals surface area contributed by atoms with E-state index in [4.69, 9.17) is 0 Å². The largest absolute Gasteiger partial charge is 0.435 e. The van der Waals surface area contributed by atoms with Gasteiger partial charge in [-0.05, 0) is 35.0 Å². The summed E-state index contributed by atoms with van der Waals surface area (Å²) >= 11 is 3.05. The van der Waals surface area contributed by atoms with Crippen LogP contribution in [0.15, 0.2) is 35.1 Å². The van der Waals surface area contributed by atoms with E-state index >= 15 is 0 Å². The number of halogens is 4. The second kappa shape index (κ2) is 4.18. The first-order valence-corrected chi connectivity index (χ1v) is 5.58. The number of nitrogens with zero attached hydrogens (tertiary/aromatic N) is 2.